The second kappa shape index (κ2) is 19.2. The van der Waals surface area contributed by atoms with Crippen LogP contribution in [0.15, 0.2) is 97.1 Å². The van der Waals surface area contributed by atoms with Gasteiger partial charge in [0.05, 0.1) is 0 Å². The highest BCUT2D eigenvalue weighted by Crippen LogP contribution is 2.34. The molecule has 2 heterocycles. The van der Waals surface area contributed by atoms with E-state index in [1.54, 1.807) is 0 Å². The van der Waals surface area contributed by atoms with Crippen LogP contribution >= 0.6 is 0 Å². The first kappa shape index (κ1) is 36.4. The molecule has 0 fully saturated rings. The Labute approximate surface area is 308 Å². The summed E-state index contributed by atoms with van der Waals surface area (Å²) in [6.45, 7) is 14.6. The molecule has 6 aromatic rings. The van der Waals surface area contributed by atoms with E-state index in [0.717, 1.165) is 105 Å². The topological polar surface area (TPSA) is 96.2 Å². The van der Waals surface area contributed by atoms with Gasteiger partial charge in [-0.3, -0.25) is 0 Å². The number of rotatable bonds is 0. The number of hydrogen-bond donors (Lipinski definition) is 8. The highest BCUT2D eigenvalue weighted by Gasteiger charge is 2.15. The summed E-state index contributed by atoms with van der Waals surface area (Å²) < 4.78 is 0. The van der Waals surface area contributed by atoms with E-state index in [4.69, 9.17) is 0 Å². The molecule has 0 amide bonds. The van der Waals surface area contributed by atoms with E-state index >= 15 is 0 Å². The maximum Gasteiger partial charge on any atom is 0.0218 e. The van der Waals surface area contributed by atoms with Gasteiger partial charge in [-0.05, 0) is 65.3 Å². The minimum Gasteiger partial charge on any atom is -0.314 e. The van der Waals surface area contributed by atoms with Gasteiger partial charge in [-0.15, -0.1) is 0 Å². The molecule has 52 heavy (non-hydrogen) atoms. The Morgan fingerprint density at radius 2 is 0.365 bits per heavy atom. The predicted octanol–water partition coefficient (Wildman–Crippen LogP) is 4.73. The third-order valence-electron chi connectivity index (χ3n) is 10.4. The second-order valence-corrected chi connectivity index (χ2v) is 13.8. The highest BCUT2D eigenvalue weighted by molar-refractivity contribution is 6.06. The maximum atomic E-state index is 3.73. The third-order valence-corrected chi connectivity index (χ3v) is 10.4. The van der Waals surface area contributed by atoms with Gasteiger partial charge < -0.3 is 42.5 Å². The van der Waals surface area contributed by atoms with Crippen molar-refractivity contribution in [3.63, 3.8) is 0 Å². The van der Waals surface area contributed by atoms with Crippen LogP contribution in [0.25, 0.3) is 43.1 Å². The van der Waals surface area contributed by atoms with Crippen molar-refractivity contribution >= 4 is 43.1 Å². The summed E-state index contributed by atoms with van der Waals surface area (Å²) in [5.74, 6) is 0. The summed E-state index contributed by atoms with van der Waals surface area (Å²) in [5.41, 5.74) is 5.54. The minimum absolute atomic E-state index is 0.849. The van der Waals surface area contributed by atoms with Crippen LogP contribution in [0, 0.1) is 0 Å². The molecule has 0 radical (unpaired) electrons. The Balaban J connectivity index is 0.998. The molecule has 8 N–H and O–H groups in total. The molecule has 4 bridgehead atoms. The van der Waals surface area contributed by atoms with Crippen molar-refractivity contribution in [1.29, 1.82) is 0 Å². The van der Waals surface area contributed by atoms with Crippen molar-refractivity contribution in [3.05, 3.63) is 119 Å². The summed E-state index contributed by atoms with van der Waals surface area (Å²) in [4.78, 5) is 0. The normalized spacial score (nSPS) is 17.7. The Hall–Kier alpha value is -3.96. The Morgan fingerprint density at radius 3 is 0.538 bits per heavy atom. The molecule has 0 atom stereocenters. The molecular weight excluding hydrogens is 641 g/mol. The van der Waals surface area contributed by atoms with Crippen molar-refractivity contribution < 1.29 is 0 Å². The molecule has 272 valence electrons. The van der Waals surface area contributed by atoms with Gasteiger partial charge in [0.25, 0.3) is 0 Å². The fourth-order valence-electron chi connectivity index (χ4n) is 7.79. The van der Waals surface area contributed by atoms with Crippen molar-refractivity contribution in [3.8, 4) is 0 Å². The Bertz CT molecular complexity index is 1640. The summed E-state index contributed by atoms with van der Waals surface area (Å²) >= 11 is 0. The lowest BCUT2D eigenvalue weighted by molar-refractivity contribution is 0.566. The molecular formula is C44H56N8. The maximum absolute atomic E-state index is 3.73. The van der Waals surface area contributed by atoms with Crippen LogP contribution in [-0.4, -0.2) is 78.5 Å². The quantitative estimate of drug-likeness (QED) is 0.0855. The summed E-state index contributed by atoms with van der Waals surface area (Å²) in [6.07, 6.45) is 0. The van der Waals surface area contributed by atoms with Gasteiger partial charge in [-0.25, -0.2) is 0 Å². The third kappa shape index (κ3) is 8.97. The molecule has 6 aromatic carbocycles. The van der Waals surface area contributed by atoms with E-state index in [0.29, 0.717) is 0 Å². The lowest BCUT2D eigenvalue weighted by Crippen LogP contribution is -2.35. The molecule has 0 aromatic heterocycles. The van der Waals surface area contributed by atoms with Crippen LogP contribution in [0.4, 0.5) is 0 Å². The molecule has 8 rings (SSSR count). The number of nitrogens with one attached hydrogen (secondary N) is 8. The molecule has 0 unspecified atom stereocenters. The van der Waals surface area contributed by atoms with E-state index in [9.17, 15) is 0 Å². The number of hydrogen-bond acceptors (Lipinski definition) is 8. The van der Waals surface area contributed by atoms with E-state index in [1.165, 1.54) is 65.3 Å². The Morgan fingerprint density at radius 1 is 0.212 bits per heavy atom. The molecule has 8 nitrogen and oxygen atoms in total. The van der Waals surface area contributed by atoms with Crippen LogP contribution in [0.3, 0.4) is 0 Å². The van der Waals surface area contributed by atoms with Crippen molar-refractivity contribution in [2.24, 2.45) is 0 Å². The monoisotopic (exact) mass is 696 g/mol. The zero-order chi connectivity index (χ0) is 35.2. The molecule has 0 saturated heterocycles. The fraction of sp³-hybridized carbons (Fsp3) is 0.364. The lowest BCUT2D eigenvalue weighted by atomic mass is 9.91. The van der Waals surface area contributed by atoms with Crippen molar-refractivity contribution in [2.75, 3.05) is 78.5 Å². The van der Waals surface area contributed by atoms with Crippen molar-refractivity contribution in [2.45, 2.75) is 26.2 Å². The summed E-state index contributed by atoms with van der Waals surface area (Å²) in [5, 5.41) is 40.1. The smallest absolute Gasteiger partial charge is 0.0218 e. The van der Waals surface area contributed by atoms with E-state index < -0.39 is 0 Å². The van der Waals surface area contributed by atoms with Crippen LogP contribution in [0.5, 0.6) is 0 Å². The van der Waals surface area contributed by atoms with E-state index in [2.05, 4.69) is 140 Å². The van der Waals surface area contributed by atoms with Crippen LogP contribution < -0.4 is 42.5 Å². The van der Waals surface area contributed by atoms with Gasteiger partial charge in [-0.1, -0.05) is 97.1 Å². The Kier molecular flexibility index (Phi) is 13.4. The SMILES string of the molecule is c1ccc2c3c4ccccc4c(c2c1)CNCCNCCNCCNCc1c2ccccc2c(c2ccccc12)CNCCNCCNCCNC3. The molecule has 2 aliphatic heterocycles. The molecule has 0 saturated carbocycles. The highest BCUT2D eigenvalue weighted by atomic mass is 15.0. The zero-order valence-electron chi connectivity index (χ0n) is 30.6. The van der Waals surface area contributed by atoms with Gasteiger partial charge in [0, 0.05) is 105 Å². The largest absolute Gasteiger partial charge is 0.314 e. The molecule has 0 spiro atoms. The first-order valence-electron chi connectivity index (χ1n) is 19.4. The van der Waals surface area contributed by atoms with Gasteiger partial charge in [0.15, 0.2) is 0 Å². The average Bonchev–Trinajstić information content (AvgIpc) is 3.19. The summed E-state index contributed by atoms with van der Waals surface area (Å²) in [6, 6.07) is 35.7. The lowest BCUT2D eigenvalue weighted by Gasteiger charge is -2.18. The number of fused-ring (bicyclic) bond motifs is 23. The van der Waals surface area contributed by atoms with Gasteiger partial charge >= 0.3 is 0 Å². The summed E-state index contributed by atoms with van der Waals surface area (Å²) in [7, 11) is 0. The fourth-order valence-corrected chi connectivity index (χ4v) is 7.79. The first-order valence-corrected chi connectivity index (χ1v) is 19.4. The molecule has 8 heteroatoms. The van der Waals surface area contributed by atoms with Gasteiger partial charge in [-0.2, -0.15) is 0 Å². The second-order valence-electron chi connectivity index (χ2n) is 13.8. The minimum atomic E-state index is 0.849. The number of benzene rings is 6. The van der Waals surface area contributed by atoms with Crippen LogP contribution in [0.2, 0.25) is 0 Å². The van der Waals surface area contributed by atoms with Gasteiger partial charge in [0.1, 0.15) is 0 Å². The molecule has 2 aliphatic rings. The van der Waals surface area contributed by atoms with E-state index in [-0.39, 0.29) is 0 Å². The first-order chi connectivity index (χ1) is 25.9. The van der Waals surface area contributed by atoms with Gasteiger partial charge in [0.2, 0.25) is 0 Å². The van der Waals surface area contributed by atoms with Crippen LogP contribution in [0.1, 0.15) is 22.3 Å². The van der Waals surface area contributed by atoms with Crippen molar-refractivity contribution in [1.82, 2.24) is 42.5 Å². The zero-order valence-corrected chi connectivity index (χ0v) is 30.6. The van der Waals surface area contributed by atoms with Crippen LogP contribution in [-0.2, 0) is 26.2 Å². The average molecular weight is 697 g/mol. The predicted molar refractivity (Wildman–Crippen MR) is 221 cm³/mol. The molecule has 0 aliphatic carbocycles. The standard InChI is InChI=1S/C44H56N8/c1-2-10-34-33(9-1)41-29-49-25-21-45-17-18-47-23-27-51-31-43-37-13-5-7-15-39(37)44(40-16-8-6-14-38(40)43)32-52-28-24-48-20-19-46-22-26-50-30-42(34)36-12-4-3-11-35(36)41/h1-16,45-52H,17-32H2. The van der Waals surface area contributed by atoms with E-state index in [1.807, 2.05) is 0 Å².